The number of aryl methyl sites for hydroxylation is 2. The molecule has 0 unspecified atom stereocenters. The normalized spacial score (nSPS) is 11.2. The van der Waals surface area contributed by atoms with Gasteiger partial charge in [0.2, 0.25) is 5.91 Å². The van der Waals surface area contributed by atoms with E-state index in [0.717, 1.165) is 27.5 Å². The maximum Gasteiger partial charge on any atom is 0.332 e. The Morgan fingerprint density at radius 1 is 1.17 bits per heavy atom. The van der Waals surface area contributed by atoms with Crippen molar-refractivity contribution in [2.45, 2.75) is 31.8 Å². The third kappa shape index (κ3) is 4.24. The third-order valence-electron chi connectivity index (χ3n) is 4.33. The maximum absolute atomic E-state index is 12.8. The molecule has 1 aromatic carbocycles. The van der Waals surface area contributed by atoms with Gasteiger partial charge in [-0.1, -0.05) is 35.5 Å². The number of thioether (sulfide) groups is 1. The Labute approximate surface area is 172 Å². The van der Waals surface area contributed by atoms with Gasteiger partial charge in [-0.15, -0.1) is 0 Å². The largest absolute Gasteiger partial charge is 0.353 e. The lowest BCUT2D eigenvalue weighted by Crippen LogP contribution is -2.38. The number of carbonyl (C=O) groups is 1. The highest BCUT2D eigenvalue weighted by Crippen LogP contribution is 2.26. The molecular weight excluding hydrogens is 390 g/mol. The molecule has 0 aliphatic rings. The second-order valence-corrected chi connectivity index (χ2v) is 8.10. The molecule has 1 amide bonds. The number of rotatable bonds is 5. The van der Waals surface area contributed by atoms with Crippen LogP contribution in [-0.2, 0) is 18.9 Å². The highest BCUT2D eigenvalue weighted by atomic mass is 32.2. The van der Waals surface area contributed by atoms with Crippen molar-refractivity contribution in [1.29, 1.82) is 0 Å². The van der Waals surface area contributed by atoms with Crippen molar-refractivity contribution in [3.63, 3.8) is 0 Å². The van der Waals surface area contributed by atoms with E-state index >= 15 is 0 Å². The van der Waals surface area contributed by atoms with E-state index in [4.69, 9.17) is 0 Å². The molecule has 0 aliphatic carbocycles. The Balaban J connectivity index is 2.22. The van der Waals surface area contributed by atoms with Crippen molar-refractivity contribution >= 4 is 28.7 Å². The van der Waals surface area contributed by atoms with Crippen LogP contribution >= 0.6 is 11.8 Å². The van der Waals surface area contributed by atoms with Crippen molar-refractivity contribution < 1.29 is 4.79 Å². The molecule has 9 heteroatoms. The smallest absolute Gasteiger partial charge is 0.332 e. The minimum atomic E-state index is -0.481. The van der Waals surface area contributed by atoms with Crippen LogP contribution in [0.1, 0.15) is 19.4 Å². The zero-order chi connectivity index (χ0) is 21.3. The molecule has 8 nitrogen and oxygen atoms in total. The number of nitrogens with zero attached hydrogens (tertiary/aromatic N) is 4. The van der Waals surface area contributed by atoms with E-state index in [9.17, 15) is 14.4 Å². The van der Waals surface area contributed by atoms with Gasteiger partial charge in [0.25, 0.3) is 5.56 Å². The van der Waals surface area contributed by atoms with Crippen molar-refractivity contribution in [3.8, 4) is 11.4 Å². The van der Waals surface area contributed by atoms with Crippen LogP contribution in [0.25, 0.3) is 22.4 Å². The predicted molar refractivity (Wildman–Crippen MR) is 114 cm³/mol. The molecule has 3 rings (SSSR count). The molecule has 152 valence electrons. The van der Waals surface area contributed by atoms with Crippen molar-refractivity contribution in [2.24, 2.45) is 14.1 Å². The van der Waals surface area contributed by atoms with Crippen LogP contribution in [0.2, 0.25) is 0 Å². The fourth-order valence-corrected chi connectivity index (χ4v) is 3.77. The summed E-state index contributed by atoms with van der Waals surface area (Å²) < 4.78 is 2.35. The lowest BCUT2D eigenvalue weighted by Gasteiger charge is -2.13. The van der Waals surface area contributed by atoms with Crippen molar-refractivity contribution in [2.75, 3.05) is 5.75 Å². The Hall–Kier alpha value is -2.94. The van der Waals surface area contributed by atoms with Crippen molar-refractivity contribution in [3.05, 3.63) is 50.7 Å². The van der Waals surface area contributed by atoms with Crippen LogP contribution in [0, 0.1) is 6.92 Å². The van der Waals surface area contributed by atoms with Gasteiger partial charge in [-0.2, -0.15) is 0 Å². The first-order valence-corrected chi connectivity index (χ1v) is 10.1. The van der Waals surface area contributed by atoms with Gasteiger partial charge in [0.1, 0.15) is 10.4 Å². The summed E-state index contributed by atoms with van der Waals surface area (Å²) in [5, 5.41) is 3.43. The van der Waals surface area contributed by atoms with Gasteiger partial charge in [-0.3, -0.25) is 18.7 Å². The second kappa shape index (κ2) is 8.20. The Morgan fingerprint density at radius 2 is 1.90 bits per heavy atom. The van der Waals surface area contributed by atoms with Crippen LogP contribution in [-0.4, -0.2) is 36.8 Å². The predicted octanol–water partition coefficient (Wildman–Crippen LogP) is 1.62. The summed E-state index contributed by atoms with van der Waals surface area (Å²) in [4.78, 5) is 46.4. The van der Waals surface area contributed by atoms with E-state index < -0.39 is 11.2 Å². The molecule has 0 bridgehead atoms. The monoisotopic (exact) mass is 413 g/mol. The van der Waals surface area contributed by atoms with E-state index in [1.807, 2.05) is 45.0 Å². The summed E-state index contributed by atoms with van der Waals surface area (Å²) in [6, 6.07) is 7.67. The molecule has 0 spiro atoms. The van der Waals surface area contributed by atoms with Gasteiger partial charge in [-0.25, -0.2) is 14.8 Å². The SMILES string of the molecule is Cc1cccc(-c2nc(SCC(=O)NC(C)C)c3c(=O)n(C)c(=O)n(C)c3n2)c1. The lowest BCUT2D eigenvalue weighted by atomic mass is 10.1. The van der Waals surface area contributed by atoms with Gasteiger partial charge in [0.05, 0.1) is 5.75 Å². The topological polar surface area (TPSA) is 98.9 Å². The fourth-order valence-electron chi connectivity index (χ4n) is 2.94. The Morgan fingerprint density at radius 3 is 2.55 bits per heavy atom. The zero-order valence-corrected chi connectivity index (χ0v) is 17.8. The van der Waals surface area contributed by atoms with Gasteiger partial charge in [0, 0.05) is 25.7 Å². The molecule has 2 heterocycles. The van der Waals surface area contributed by atoms with E-state index in [1.165, 1.54) is 11.6 Å². The number of hydrogen-bond donors (Lipinski definition) is 1. The van der Waals surface area contributed by atoms with Crippen LogP contribution in [0.15, 0.2) is 38.9 Å². The molecule has 3 aromatic rings. The van der Waals surface area contributed by atoms with Crippen LogP contribution in [0.5, 0.6) is 0 Å². The molecule has 0 radical (unpaired) electrons. The average Bonchev–Trinajstić information content (AvgIpc) is 2.67. The second-order valence-electron chi connectivity index (χ2n) is 7.14. The lowest BCUT2D eigenvalue weighted by molar-refractivity contribution is -0.119. The van der Waals surface area contributed by atoms with Crippen LogP contribution in [0.3, 0.4) is 0 Å². The zero-order valence-electron chi connectivity index (χ0n) is 17.0. The van der Waals surface area contributed by atoms with Crippen molar-refractivity contribution in [1.82, 2.24) is 24.4 Å². The molecular formula is C20H23N5O3S. The number of fused-ring (bicyclic) bond motifs is 1. The first-order valence-electron chi connectivity index (χ1n) is 9.16. The van der Waals surface area contributed by atoms with E-state index in [-0.39, 0.29) is 28.7 Å². The minimum absolute atomic E-state index is 0.0155. The number of carbonyl (C=O) groups excluding carboxylic acids is 1. The fraction of sp³-hybridized carbons (Fsp3) is 0.350. The summed E-state index contributed by atoms with van der Waals surface area (Å²) in [6.45, 7) is 5.72. The number of hydrogen-bond acceptors (Lipinski definition) is 6. The molecule has 0 aliphatic heterocycles. The maximum atomic E-state index is 12.8. The van der Waals surface area contributed by atoms with Gasteiger partial charge < -0.3 is 5.32 Å². The molecule has 0 saturated heterocycles. The first kappa shape index (κ1) is 20.8. The molecule has 2 aromatic heterocycles. The van der Waals surface area contributed by atoms with Gasteiger partial charge >= 0.3 is 5.69 Å². The minimum Gasteiger partial charge on any atom is -0.353 e. The third-order valence-corrected chi connectivity index (χ3v) is 5.31. The summed E-state index contributed by atoms with van der Waals surface area (Å²) in [6.07, 6.45) is 0. The molecule has 0 saturated carbocycles. The highest BCUT2D eigenvalue weighted by Gasteiger charge is 2.19. The molecule has 0 atom stereocenters. The van der Waals surface area contributed by atoms with E-state index in [2.05, 4.69) is 15.3 Å². The Kier molecular flexibility index (Phi) is 5.88. The number of aromatic nitrogens is 4. The van der Waals surface area contributed by atoms with Gasteiger partial charge in [0.15, 0.2) is 11.5 Å². The number of nitrogens with one attached hydrogen (secondary N) is 1. The van der Waals surface area contributed by atoms with E-state index in [0.29, 0.717) is 10.9 Å². The highest BCUT2D eigenvalue weighted by molar-refractivity contribution is 8.00. The van der Waals surface area contributed by atoms with Gasteiger partial charge in [-0.05, 0) is 26.8 Å². The van der Waals surface area contributed by atoms with E-state index in [1.54, 1.807) is 7.05 Å². The quantitative estimate of drug-likeness (QED) is 0.504. The van der Waals surface area contributed by atoms with Crippen LogP contribution < -0.4 is 16.6 Å². The number of benzene rings is 1. The molecule has 0 fully saturated rings. The molecule has 1 N–H and O–H groups in total. The average molecular weight is 414 g/mol. The summed E-state index contributed by atoms with van der Waals surface area (Å²) in [5.41, 5.74) is 1.11. The first-order chi connectivity index (χ1) is 13.7. The summed E-state index contributed by atoms with van der Waals surface area (Å²) in [5.74, 6) is 0.343. The summed E-state index contributed by atoms with van der Waals surface area (Å²) >= 11 is 1.16. The van der Waals surface area contributed by atoms with Crippen LogP contribution in [0.4, 0.5) is 0 Å². The Bertz CT molecular complexity index is 1210. The number of amides is 1. The molecule has 29 heavy (non-hydrogen) atoms. The standard InChI is InChI=1S/C20H23N5O3S/c1-11(2)21-14(26)10-29-18-15-17(24(4)20(28)25(5)19(15)27)22-16(23-18)13-8-6-7-12(3)9-13/h6-9,11H,10H2,1-5H3,(H,21,26). The summed E-state index contributed by atoms with van der Waals surface area (Å²) in [7, 11) is 2.98.